The quantitative estimate of drug-likeness (QED) is 0.681. The van der Waals surface area contributed by atoms with Crippen molar-refractivity contribution in [2.45, 2.75) is 18.9 Å². The first-order valence-electron chi connectivity index (χ1n) is 8.90. The minimum Gasteiger partial charge on any atom is -0.360 e. The number of likely N-dealkylation sites (N-methyl/N-ethyl adjacent to an activating group) is 1. The van der Waals surface area contributed by atoms with E-state index in [-0.39, 0.29) is 17.5 Å². The van der Waals surface area contributed by atoms with E-state index in [4.69, 9.17) is 0 Å². The Kier molecular flexibility index (Phi) is 5.55. The maximum Gasteiger partial charge on any atom is 0.266 e. The van der Waals surface area contributed by atoms with Crippen LogP contribution in [0.25, 0.3) is 10.8 Å². The number of amides is 1. The highest BCUT2D eigenvalue weighted by molar-refractivity contribution is 5.99. The molecule has 0 spiro atoms. The minimum absolute atomic E-state index is 0.124. The van der Waals surface area contributed by atoms with Gasteiger partial charge in [0.1, 0.15) is 11.6 Å². The molecule has 0 aromatic heterocycles. The van der Waals surface area contributed by atoms with Gasteiger partial charge in [0.25, 0.3) is 5.91 Å². The molecule has 0 atom stereocenters. The first-order chi connectivity index (χ1) is 12.6. The molecule has 134 valence electrons. The van der Waals surface area contributed by atoms with Crippen molar-refractivity contribution >= 4 is 22.4 Å². The topological polar surface area (TPSA) is 59.4 Å². The van der Waals surface area contributed by atoms with Crippen LogP contribution in [0.5, 0.6) is 0 Å². The molecule has 0 aliphatic carbocycles. The molecule has 26 heavy (non-hydrogen) atoms. The molecule has 2 aromatic carbocycles. The van der Waals surface area contributed by atoms with Crippen molar-refractivity contribution < 1.29 is 4.79 Å². The molecule has 0 bridgehead atoms. The van der Waals surface area contributed by atoms with Gasteiger partial charge in [-0.2, -0.15) is 5.26 Å². The SMILES string of the molecule is CN1CCC(N(C)C(=O)/C(C#N)=C\Nc2cccc3ccccc23)CC1. The van der Waals surface area contributed by atoms with E-state index in [9.17, 15) is 10.1 Å². The normalized spacial score (nSPS) is 16.3. The Balaban J connectivity index is 1.75. The van der Waals surface area contributed by atoms with E-state index in [2.05, 4.69) is 17.3 Å². The molecule has 1 fully saturated rings. The first kappa shape index (κ1) is 18.0. The Labute approximate surface area is 154 Å². The summed E-state index contributed by atoms with van der Waals surface area (Å²) in [7, 11) is 3.88. The van der Waals surface area contributed by atoms with Crippen LogP contribution in [0.1, 0.15) is 12.8 Å². The number of nitriles is 1. The molecule has 0 saturated carbocycles. The van der Waals surface area contributed by atoms with Crippen LogP contribution in [0.15, 0.2) is 54.2 Å². The lowest BCUT2D eigenvalue weighted by atomic mass is 10.0. The molecule has 5 heteroatoms. The van der Waals surface area contributed by atoms with Crippen molar-refractivity contribution in [3.05, 3.63) is 54.2 Å². The maximum absolute atomic E-state index is 12.7. The Morgan fingerprint density at radius 3 is 2.65 bits per heavy atom. The summed E-state index contributed by atoms with van der Waals surface area (Å²) in [6, 6.07) is 16.2. The molecular weight excluding hydrogens is 324 g/mol. The fourth-order valence-corrected chi connectivity index (χ4v) is 3.38. The summed E-state index contributed by atoms with van der Waals surface area (Å²) < 4.78 is 0. The van der Waals surface area contributed by atoms with Crippen molar-refractivity contribution in [2.75, 3.05) is 32.5 Å². The molecule has 1 aliphatic heterocycles. The van der Waals surface area contributed by atoms with E-state index < -0.39 is 0 Å². The zero-order valence-electron chi connectivity index (χ0n) is 15.3. The number of piperidine rings is 1. The molecule has 5 nitrogen and oxygen atoms in total. The number of likely N-dealkylation sites (tertiary alicyclic amines) is 1. The number of rotatable bonds is 4. The highest BCUT2D eigenvalue weighted by atomic mass is 16.2. The average molecular weight is 348 g/mol. The highest BCUT2D eigenvalue weighted by Crippen LogP contribution is 2.23. The number of nitrogens with one attached hydrogen (secondary N) is 1. The predicted molar refractivity (Wildman–Crippen MR) is 105 cm³/mol. The van der Waals surface area contributed by atoms with Crippen molar-refractivity contribution in [3.63, 3.8) is 0 Å². The van der Waals surface area contributed by atoms with Gasteiger partial charge >= 0.3 is 0 Å². The van der Waals surface area contributed by atoms with Crippen molar-refractivity contribution in [2.24, 2.45) is 0 Å². The fraction of sp³-hybridized carbons (Fsp3) is 0.333. The monoisotopic (exact) mass is 348 g/mol. The van der Waals surface area contributed by atoms with Gasteiger partial charge in [0, 0.05) is 30.4 Å². The summed E-state index contributed by atoms with van der Waals surface area (Å²) in [5.74, 6) is -0.227. The summed E-state index contributed by atoms with van der Waals surface area (Å²) in [4.78, 5) is 16.7. The summed E-state index contributed by atoms with van der Waals surface area (Å²) >= 11 is 0. The van der Waals surface area contributed by atoms with Crippen LogP contribution in [0.2, 0.25) is 0 Å². The van der Waals surface area contributed by atoms with Crippen LogP contribution in [0.4, 0.5) is 5.69 Å². The standard InChI is InChI=1S/C21H24N4O/c1-24-12-10-18(11-13-24)25(2)21(26)17(14-22)15-23-20-9-5-7-16-6-3-4-8-19(16)20/h3-9,15,18,23H,10-13H2,1-2H3/b17-15-. The molecule has 2 aromatic rings. The third-order valence-electron chi connectivity index (χ3n) is 5.07. The zero-order chi connectivity index (χ0) is 18.5. The molecular formula is C21H24N4O. The smallest absolute Gasteiger partial charge is 0.266 e. The van der Waals surface area contributed by atoms with Crippen LogP contribution in [-0.2, 0) is 4.79 Å². The third-order valence-corrected chi connectivity index (χ3v) is 5.07. The molecule has 0 radical (unpaired) electrons. The number of benzene rings is 2. The molecule has 1 heterocycles. The minimum atomic E-state index is -0.227. The second kappa shape index (κ2) is 8.03. The van der Waals surface area contributed by atoms with Gasteiger partial charge in [-0.25, -0.2) is 0 Å². The van der Waals surface area contributed by atoms with Gasteiger partial charge in [0.05, 0.1) is 0 Å². The fourth-order valence-electron chi connectivity index (χ4n) is 3.38. The van der Waals surface area contributed by atoms with Crippen LogP contribution in [-0.4, -0.2) is 48.9 Å². The number of carbonyl (C=O) groups excluding carboxylic acids is 1. The number of hydrogen-bond acceptors (Lipinski definition) is 4. The van der Waals surface area contributed by atoms with Crippen LogP contribution in [0, 0.1) is 11.3 Å². The van der Waals surface area contributed by atoms with Crippen LogP contribution >= 0.6 is 0 Å². The Morgan fingerprint density at radius 2 is 1.92 bits per heavy atom. The zero-order valence-corrected chi connectivity index (χ0v) is 15.3. The number of fused-ring (bicyclic) bond motifs is 1. The highest BCUT2D eigenvalue weighted by Gasteiger charge is 2.25. The molecule has 1 N–H and O–H groups in total. The Bertz CT molecular complexity index is 854. The summed E-state index contributed by atoms with van der Waals surface area (Å²) in [5.41, 5.74) is 1.00. The lowest BCUT2D eigenvalue weighted by Crippen LogP contribution is -2.44. The van der Waals surface area contributed by atoms with Gasteiger partial charge in [-0.15, -0.1) is 0 Å². The van der Waals surface area contributed by atoms with E-state index in [0.29, 0.717) is 0 Å². The lowest BCUT2D eigenvalue weighted by molar-refractivity contribution is -0.128. The Morgan fingerprint density at radius 1 is 1.23 bits per heavy atom. The summed E-state index contributed by atoms with van der Waals surface area (Å²) in [5, 5.41) is 14.8. The first-order valence-corrected chi connectivity index (χ1v) is 8.90. The molecule has 3 rings (SSSR count). The number of nitrogens with zero attached hydrogens (tertiary/aromatic N) is 3. The number of anilines is 1. The molecule has 0 unspecified atom stereocenters. The number of carbonyl (C=O) groups is 1. The number of hydrogen-bond donors (Lipinski definition) is 1. The van der Waals surface area contributed by atoms with Crippen LogP contribution in [0.3, 0.4) is 0 Å². The molecule has 1 saturated heterocycles. The van der Waals surface area contributed by atoms with E-state index in [1.165, 1.54) is 6.20 Å². The van der Waals surface area contributed by atoms with Crippen molar-refractivity contribution in [1.82, 2.24) is 9.80 Å². The maximum atomic E-state index is 12.7. The predicted octanol–water partition coefficient (Wildman–Crippen LogP) is 3.21. The van der Waals surface area contributed by atoms with E-state index in [0.717, 1.165) is 42.4 Å². The van der Waals surface area contributed by atoms with Gasteiger partial charge < -0.3 is 15.1 Å². The second-order valence-electron chi connectivity index (χ2n) is 6.79. The van der Waals surface area contributed by atoms with Gasteiger partial charge in [-0.3, -0.25) is 4.79 Å². The molecule has 1 aliphatic rings. The largest absolute Gasteiger partial charge is 0.360 e. The summed E-state index contributed by atoms with van der Waals surface area (Å²) in [6.07, 6.45) is 3.40. The van der Waals surface area contributed by atoms with Gasteiger partial charge in [-0.1, -0.05) is 36.4 Å². The average Bonchev–Trinajstić information content (AvgIpc) is 2.68. The van der Waals surface area contributed by atoms with Gasteiger partial charge in [0.15, 0.2) is 0 Å². The van der Waals surface area contributed by atoms with Crippen LogP contribution < -0.4 is 5.32 Å². The summed E-state index contributed by atoms with van der Waals surface area (Å²) in [6.45, 7) is 1.95. The Hall–Kier alpha value is -2.84. The van der Waals surface area contributed by atoms with E-state index in [1.807, 2.05) is 48.5 Å². The van der Waals surface area contributed by atoms with Gasteiger partial charge in [0.2, 0.25) is 0 Å². The van der Waals surface area contributed by atoms with Crippen molar-refractivity contribution in [3.8, 4) is 6.07 Å². The van der Waals surface area contributed by atoms with Crippen molar-refractivity contribution in [1.29, 1.82) is 5.26 Å². The lowest BCUT2D eigenvalue weighted by Gasteiger charge is -2.35. The van der Waals surface area contributed by atoms with Gasteiger partial charge in [-0.05, 0) is 44.4 Å². The van der Waals surface area contributed by atoms with E-state index in [1.54, 1.807) is 11.9 Å². The van der Waals surface area contributed by atoms with E-state index >= 15 is 0 Å². The molecule has 1 amide bonds. The second-order valence-corrected chi connectivity index (χ2v) is 6.79. The third kappa shape index (κ3) is 3.87.